The highest BCUT2D eigenvalue weighted by atomic mass is 79.9. The zero-order valence-corrected chi connectivity index (χ0v) is 6.86. The third kappa shape index (κ3) is 1.45. The predicted molar refractivity (Wildman–Crippen MR) is 44.2 cm³/mol. The van der Waals surface area contributed by atoms with Gasteiger partial charge in [-0.15, -0.1) is 0 Å². The van der Waals surface area contributed by atoms with Crippen molar-refractivity contribution in [2.75, 3.05) is 0 Å². The maximum absolute atomic E-state index is 12.5. The lowest BCUT2D eigenvalue weighted by Crippen LogP contribution is -1.77. The third-order valence-corrected chi connectivity index (χ3v) is 1.90. The molecule has 0 spiro atoms. The molecular formula is C8H6BrF. The minimum absolute atomic E-state index is 0.238. The number of hydrogen-bond donors (Lipinski definition) is 0. The number of benzene rings is 1. The fourth-order valence-electron chi connectivity index (χ4n) is 0.671. The molecule has 0 heterocycles. The van der Waals surface area contributed by atoms with Gasteiger partial charge in [0.05, 0.1) is 0 Å². The molecule has 0 fully saturated rings. The van der Waals surface area contributed by atoms with Crippen molar-refractivity contribution in [2.45, 2.75) is 0 Å². The van der Waals surface area contributed by atoms with Crippen LogP contribution in [0.25, 0.3) is 6.08 Å². The van der Waals surface area contributed by atoms with Crippen LogP contribution >= 0.6 is 15.9 Å². The van der Waals surface area contributed by atoms with Crippen LogP contribution in [-0.2, 0) is 0 Å². The largest absolute Gasteiger partial charge is 0.207 e. The number of halogens is 2. The molecule has 0 aliphatic carbocycles. The first-order valence-electron chi connectivity index (χ1n) is 2.81. The molecule has 0 N–H and O–H groups in total. The summed E-state index contributed by atoms with van der Waals surface area (Å²) < 4.78 is 13.3. The van der Waals surface area contributed by atoms with Gasteiger partial charge in [0.15, 0.2) is 0 Å². The molecule has 0 aliphatic rings. The Morgan fingerprint density at radius 1 is 1.50 bits per heavy atom. The van der Waals surface area contributed by atoms with Crippen molar-refractivity contribution >= 4 is 22.0 Å². The molecular weight excluding hydrogens is 195 g/mol. The smallest absolute Gasteiger partial charge is 0.123 e. The van der Waals surface area contributed by atoms with E-state index in [9.17, 15) is 4.39 Å². The first-order valence-corrected chi connectivity index (χ1v) is 3.61. The molecule has 1 aromatic rings. The highest BCUT2D eigenvalue weighted by Crippen LogP contribution is 2.18. The van der Waals surface area contributed by atoms with Gasteiger partial charge in [0, 0.05) is 4.47 Å². The summed E-state index contributed by atoms with van der Waals surface area (Å²) in [5.74, 6) is -0.238. The van der Waals surface area contributed by atoms with Gasteiger partial charge in [-0.25, -0.2) is 4.39 Å². The van der Waals surface area contributed by atoms with Crippen LogP contribution < -0.4 is 0 Å². The van der Waals surface area contributed by atoms with Crippen LogP contribution in [0.2, 0.25) is 0 Å². The summed E-state index contributed by atoms with van der Waals surface area (Å²) in [7, 11) is 0. The summed E-state index contributed by atoms with van der Waals surface area (Å²) in [6.45, 7) is 3.54. The lowest BCUT2D eigenvalue weighted by molar-refractivity contribution is 0.627. The minimum atomic E-state index is -0.238. The van der Waals surface area contributed by atoms with Crippen molar-refractivity contribution in [1.29, 1.82) is 0 Å². The van der Waals surface area contributed by atoms with Gasteiger partial charge in [-0.3, -0.25) is 0 Å². The molecule has 1 aromatic carbocycles. The Morgan fingerprint density at radius 2 is 2.20 bits per heavy atom. The summed E-state index contributed by atoms with van der Waals surface area (Å²) in [5, 5.41) is 0. The molecule has 1 rings (SSSR count). The van der Waals surface area contributed by atoms with Gasteiger partial charge < -0.3 is 0 Å². The van der Waals surface area contributed by atoms with Crippen LogP contribution in [0.1, 0.15) is 5.56 Å². The lowest BCUT2D eigenvalue weighted by atomic mass is 10.2. The zero-order valence-electron chi connectivity index (χ0n) is 5.27. The van der Waals surface area contributed by atoms with E-state index in [1.807, 2.05) is 0 Å². The Labute approximate surface area is 67.5 Å². The highest BCUT2D eigenvalue weighted by molar-refractivity contribution is 9.10. The molecule has 0 aliphatic heterocycles. The van der Waals surface area contributed by atoms with Crippen LogP contribution in [0.3, 0.4) is 0 Å². The van der Waals surface area contributed by atoms with Crippen LogP contribution in [-0.4, -0.2) is 0 Å². The summed E-state index contributed by atoms with van der Waals surface area (Å²) >= 11 is 3.25. The second kappa shape index (κ2) is 2.97. The van der Waals surface area contributed by atoms with Crippen LogP contribution in [0.5, 0.6) is 0 Å². The highest BCUT2D eigenvalue weighted by Gasteiger charge is 1.95. The van der Waals surface area contributed by atoms with Crippen molar-refractivity contribution in [2.24, 2.45) is 0 Å². The van der Waals surface area contributed by atoms with E-state index in [0.29, 0.717) is 0 Å². The molecule has 0 nitrogen and oxygen atoms in total. The second-order valence-corrected chi connectivity index (χ2v) is 2.72. The Morgan fingerprint density at radius 3 is 2.70 bits per heavy atom. The van der Waals surface area contributed by atoms with Gasteiger partial charge in [-0.1, -0.05) is 28.6 Å². The molecule has 10 heavy (non-hydrogen) atoms. The van der Waals surface area contributed by atoms with E-state index in [2.05, 4.69) is 22.5 Å². The van der Waals surface area contributed by atoms with Gasteiger partial charge in [-0.2, -0.15) is 0 Å². The second-order valence-electron chi connectivity index (χ2n) is 1.87. The zero-order chi connectivity index (χ0) is 7.56. The van der Waals surface area contributed by atoms with E-state index in [1.165, 1.54) is 12.1 Å². The number of rotatable bonds is 1. The van der Waals surface area contributed by atoms with Crippen molar-refractivity contribution in [3.8, 4) is 0 Å². The molecule has 0 amide bonds. The van der Waals surface area contributed by atoms with Crippen molar-refractivity contribution in [1.82, 2.24) is 0 Å². The van der Waals surface area contributed by atoms with Gasteiger partial charge >= 0.3 is 0 Å². The van der Waals surface area contributed by atoms with E-state index in [1.54, 1.807) is 12.1 Å². The summed E-state index contributed by atoms with van der Waals surface area (Å²) in [5.41, 5.74) is 0.778. The average Bonchev–Trinajstić information content (AvgIpc) is 1.94. The summed E-state index contributed by atoms with van der Waals surface area (Å²) in [4.78, 5) is 0. The van der Waals surface area contributed by atoms with E-state index >= 15 is 0 Å². The molecule has 0 radical (unpaired) electrons. The molecule has 0 bridgehead atoms. The molecule has 0 atom stereocenters. The Kier molecular flexibility index (Phi) is 2.22. The standard InChI is InChI=1S/C8H6BrF/c1-2-6-5-7(10)3-4-8(6)9/h2-5H,1H2. The van der Waals surface area contributed by atoms with E-state index < -0.39 is 0 Å². The molecule has 0 saturated heterocycles. The molecule has 52 valence electrons. The Bertz CT molecular complexity index is 255. The van der Waals surface area contributed by atoms with Gasteiger partial charge in [0.25, 0.3) is 0 Å². The van der Waals surface area contributed by atoms with E-state index in [-0.39, 0.29) is 5.82 Å². The van der Waals surface area contributed by atoms with Crippen LogP contribution in [0.4, 0.5) is 4.39 Å². The Hall–Kier alpha value is -0.630. The topological polar surface area (TPSA) is 0 Å². The summed E-state index contributed by atoms with van der Waals surface area (Å²) in [6, 6.07) is 4.49. The normalized spacial score (nSPS) is 9.40. The van der Waals surface area contributed by atoms with Crippen LogP contribution in [0.15, 0.2) is 29.3 Å². The van der Waals surface area contributed by atoms with Crippen molar-refractivity contribution < 1.29 is 4.39 Å². The van der Waals surface area contributed by atoms with Crippen molar-refractivity contribution in [3.63, 3.8) is 0 Å². The first-order chi connectivity index (χ1) is 4.74. The van der Waals surface area contributed by atoms with E-state index in [4.69, 9.17) is 0 Å². The quantitative estimate of drug-likeness (QED) is 0.654. The SMILES string of the molecule is C=Cc1cc(F)ccc1Br. The summed E-state index contributed by atoms with van der Waals surface area (Å²) in [6.07, 6.45) is 1.60. The number of hydrogen-bond acceptors (Lipinski definition) is 0. The van der Waals surface area contributed by atoms with Gasteiger partial charge in [-0.05, 0) is 23.8 Å². The molecule has 0 saturated carbocycles. The molecule has 0 aromatic heterocycles. The fourth-order valence-corrected chi connectivity index (χ4v) is 1.08. The van der Waals surface area contributed by atoms with Crippen LogP contribution in [0, 0.1) is 5.82 Å². The Balaban J connectivity index is 3.21. The minimum Gasteiger partial charge on any atom is -0.207 e. The maximum Gasteiger partial charge on any atom is 0.123 e. The van der Waals surface area contributed by atoms with E-state index in [0.717, 1.165) is 10.0 Å². The third-order valence-electron chi connectivity index (χ3n) is 1.18. The predicted octanol–water partition coefficient (Wildman–Crippen LogP) is 3.23. The maximum atomic E-state index is 12.5. The van der Waals surface area contributed by atoms with Gasteiger partial charge in [0.1, 0.15) is 5.82 Å². The molecule has 2 heteroatoms. The molecule has 0 unspecified atom stereocenters. The average molecular weight is 201 g/mol. The van der Waals surface area contributed by atoms with Crippen molar-refractivity contribution in [3.05, 3.63) is 40.6 Å². The lowest BCUT2D eigenvalue weighted by Gasteiger charge is -1.95. The van der Waals surface area contributed by atoms with Gasteiger partial charge in [0.2, 0.25) is 0 Å². The fraction of sp³-hybridized carbons (Fsp3) is 0. The first kappa shape index (κ1) is 7.48. The monoisotopic (exact) mass is 200 g/mol.